The fraction of sp³-hybridized carbons (Fsp3) is 0.579. The molecule has 0 saturated heterocycles. The molecule has 4 N–H and O–H groups in total. The molecule has 1 aliphatic rings. The number of anilines is 1. The number of hydrogen-bond acceptors (Lipinski definition) is 2. The van der Waals surface area contributed by atoms with Crippen LogP contribution < -0.4 is 16.4 Å². The molecule has 1 unspecified atom stereocenters. The van der Waals surface area contributed by atoms with Crippen LogP contribution >= 0.6 is 0 Å². The van der Waals surface area contributed by atoms with Gasteiger partial charge in [0.05, 0.1) is 6.54 Å². The molecule has 1 amide bonds. The lowest BCUT2D eigenvalue weighted by Crippen LogP contribution is -2.41. The molecule has 1 fully saturated rings. The highest BCUT2D eigenvalue weighted by Gasteiger charge is 2.13. The number of carbonyl (C=O) groups is 1. The molecule has 0 bridgehead atoms. The maximum atomic E-state index is 12.0. The van der Waals surface area contributed by atoms with Crippen LogP contribution in [-0.2, 0) is 11.3 Å². The number of rotatable bonds is 6. The van der Waals surface area contributed by atoms with E-state index in [1.807, 2.05) is 38.1 Å². The molecule has 5 heteroatoms. The van der Waals surface area contributed by atoms with E-state index in [9.17, 15) is 4.79 Å². The summed E-state index contributed by atoms with van der Waals surface area (Å²) in [7, 11) is 0. The average molecular weight is 330 g/mol. The Labute approximate surface area is 145 Å². The van der Waals surface area contributed by atoms with Crippen molar-refractivity contribution in [3.63, 3.8) is 0 Å². The summed E-state index contributed by atoms with van der Waals surface area (Å²) in [5, 5.41) is 6.27. The normalized spacial score (nSPS) is 17.3. The highest BCUT2D eigenvalue weighted by Crippen LogP contribution is 2.17. The Balaban J connectivity index is 1.88. The van der Waals surface area contributed by atoms with Crippen molar-refractivity contribution >= 4 is 17.6 Å². The van der Waals surface area contributed by atoms with Gasteiger partial charge in [-0.05, 0) is 37.0 Å². The minimum absolute atomic E-state index is 0.0158. The Hall–Kier alpha value is -2.04. The van der Waals surface area contributed by atoms with Crippen molar-refractivity contribution in [3.8, 4) is 0 Å². The second-order valence-corrected chi connectivity index (χ2v) is 6.68. The number of nitrogens with zero attached hydrogens (tertiary/aromatic N) is 1. The van der Waals surface area contributed by atoms with Crippen LogP contribution in [0, 0.1) is 5.92 Å². The molecule has 0 spiro atoms. The third-order valence-corrected chi connectivity index (χ3v) is 4.64. The van der Waals surface area contributed by atoms with E-state index in [2.05, 4.69) is 15.6 Å². The Bertz CT molecular complexity index is 564. The van der Waals surface area contributed by atoms with Crippen molar-refractivity contribution < 1.29 is 4.79 Å². The van der Waals surface area contributed by atoms with E-state index in [-0.39, 0.29) is 11.8 Å². The lowest BCUT2D eigenvalue weighted by atomic mass is 9.96. The molecule has 1 atom stereocenters. The lowest BCUT2D eigenvalue weighted by molar-refractivity contribution is -0.119. The van der Waals surface area contributed by atoms with Crippen LogP contribution in [0.15, 0.2) is 29.3 Å². The molecule has 0 aliphatic heterocycles. The van der Waals surface area contributed by atoms with Crippen LogP contribution in [0.25, 0.3) is 0 Å². The van der Waals surface area contributed by atoms with E-state index in [0.717, 1.165) is 17.7 Å². The number of carbonyl (C=O) groups excluding carboxylic acids is 1. The van der Waals surface area contributed by atoms with Crippen molar-refractivity contribution in [2.75, 3.05) is 5.32 Å². The van der Waals surface area contributed by atoms with Gasteiger partial charge in [0.25, 0.3) is 0 Å². The van der Waals surface area contributed by atoms with Gasteiger partial charge in [-0.3, -0.25) is 4.79 Å². The van der Waals surface area contributed by atoms with Crippen LogP contribution in [0.5, 0.6) is 0 Å². The van der Waals surface area contributed by atoms with Crippen LogP contribution in [-0.4, -0.2) is 17.9 Å². The quantitative estimate of drug-likeness (QED) is 0.552. The van der Waals surface area contributed by atoms with Gasteiger partial charge in [0.1, 0.15) is 0 Å². The summed E-state index contributed by atoms with van der Waals surface area (Å²) in [6.07, 6.45) is 7.04. The van der Waals surface area contributed by atoms with Gasteiger partial charge in [0.15, 0.2) is 5.96 Å². The van der Waals surface area contributed by atoms with Crippen LogP contribution in [0.2, 0.25) is 0 Å². The second kappa shape index (κ2) is 9.30. The third-order valence-electron chi connectivity index (χ3n) is 4.64. The number of aliphatic imine (C=N–C) groups is 1. The summed E-state index contributed by atoms with van der Waals surface area (Å²) in [6.45, 7) is 4.46. The molecule has 2 rings (SSSR count). The fourth-order valence-corrected chi connectivity index (χ4v) is 2.88. The largest absolute Gasteiger partial charge is 0.370 e. The Morgan fingerprint density at radius 3 is 2.79 bits per heavy atom. The second-order valence-electron chi connectivity index (χ2n) is 6.68. The number of guanidine groups is 1. The molecule has 0 heterocycles. The summed E-state index contributed by atoms with van der Waals surface area (Å²) >= 11 is 0. The molecular formula is C19H30N4O. The number of amides is 1. The van der Waals surface area contributed by atoms with Crippen molar-refractivity contribution in [3.05, 3.63) is 29.8 Å². The highest BCUT2D eigenvalue weighted by molar-refractivity contribution is 5.92. The monoisotopic (exact) mass is 330 g/mol. The van der Waals surface area contributed by atoms with E-state index in [1.54, 1.807) is 0 Å². The predicted molar refractivity (Wildman–Crippen MR) is 99.9 cm³/mol. The third kappa shape index (κ3) is 5.87. The van der Waals surface area contributed by atoms with Crippen molar-refractivity contribution in [1.29, 1.82) is 0 Å². The summed E-state index contributed by atoms with van der Waals surface area (Å²) in [6, 6.07) is 8.25. The van der Waals surface area contributed by atoms with E-state index in [1.165, 1.54) is 32.1 Å². The molecule has 1 aromatic carbocycles. The first kappa shape index (κ1) is 18.3. The molecule has 5 nitrogen and oxygen atoms in total. The minimum atomic E-state index is 0.0158. The molecule has 132 valence electrons. The van der Waals surface area contributed by atoms with Crippen LogP contribution in [0.4, 0.5) is 5.69 Å². The lowest BCUT2D eigenvalue weighted by Gasteiger charge is -2.23. The summed E-state index contributed by atoms with van der Waals surface area (Å²) in [5.74, 6) is 0.578. The molecular weight excluding hydrogens is 300 g/mol. The zero-order chi connectivity index (χ0) is 17.4. The van der Waals surface area contributed by atoms with E-state index in [0.29, 0.717) is 18.5 Å². The zero-order valence-corrected chi connectivity index (χ0v) is 14.8. The maximum Gasteiger partial charge on any atom is 0.227 e. The van der Waals surface area contributed by atoms with E-state index >= 15 is 0 Å². The summed E-state index contributed by atoms with van der Waals surface area (Å²) in [5.41, 5.74) is 7.84. The van der Waals surface area contributed by atoms with Gasteiger partial charge in [0.2, 0.25) is 5.91 Å². The maximum absolute atomic E-state index is 12.0. The molecule has 1 saturated carbocycles. The Morgan fingerprint density at radius 1 is 1.33 bits per heavy atom. The zero-order valence-electron chi connectivity index (χ0n) is 14.8. The van der Waals surface area contributed by atoms with Gasteiger partial charge in [0, 0.05) is 17.6 Å². The van der Waals surface area contributed by atoms with E-state index < -0.39 is 0 Å². The van der Waals surface area contributed by atoms with Crippen molar-refractivity contribution in [2.45, 2.75) is 65.0 Å². The first-order valence-electron chi connectivity index (χ1n) is 9.04. The van der Waals surface area contributed by atoms with Gasteiger partial charge in [-0.2, -0.15) is 0 Å². The molecule has 0 radical (unpaired) electrons. The molecule has 1 aromatic rings. The van der Waals surface area contributed by atoms with Crippen LogP contribution in [0.1, 0.15) is 57.9 Å². The number of nitrogens with one attached hydrogen (secondary N) is 2. The standard InChI is InChI=1S/C19H30N4O/c1-3-14(2)18(24)22-17-11-7-8-15(12-17)13-21-19(20)23-16-9-5-4-6-10-16/h7-8,11-12,14,16H,3-6,9-10,13H2,1-2H3,(H,22,24)(H3,20,21,23). The topological polar surface area (TPSA) is 79.5 Å². The molecule has 1 aliphatic carbocycles. The number of benzene rings is 1. The van der Waals surface area contributed by atoms with Crippen molar-refractivity contribution in [1.82, 2.24) is 5.32 Å². The Morgan fingerprint density at radius 2 is 2.08 bits per heavy atom. The Kier molecular flexibility index (Phi) is 7.09. The highest BCUT2D eigenvalue weighted by atomic mass is 16.1. The first-order chi connectivity index (χ1) is 11.6. The van der Waals surface area contributed by atoms with Gasteiger partial charge in [-0.1, -0.05) is 45.2 Å². The molecule has 24 heavy (non-hydrogen) atoms. The summed E-state index contributed by atoms with van der Waals surface area (Å²) < 4.78 is 0. The van der Waals surface area contributed by atoms with Gasteiger partial charge in [-0.25, -0.2) is 4.99 Å². The smallest absolute Gasteiger partial charge is 0.227 e. The van der Waals surface area contributed by atoms with Gasteiger partial charge in [-0.15, -0.1) is 0 Å². The van der Waals surface area contributed by atoms with E-state index in [4.69, 9.17) is 5.73 Å². The fourth-order valence-electron chi connectivity index (χ4n) is 2.88. The van der Waals surface area contributed by atoms with Crippen LogP contribution in [0.3, 0.4) is 0 Å². The summed E-state index contributed by atoms with van der Waals surface area (Å²) in [4.78, 5) is 16.4. The number of hydrogen-bond donors (Lipinski definition) is 3. The average Bonchev–Trinajstić information content (AvgIpc) is 2.60. The SMILES string of the molecule is CCC(C)C(=O)Nc1cccc(CN=C(N)NC2CCCCC2)c1. The van der Waals surface area contributed by atoms with Crippen molar-refractivity contribution in [2.24, 2.45) is 16.6 Å². The minimum Gasteiger partial charge on any atom is -0.370 e. The van der Waals surface area contributed by atoms with Gasteiger partial charge < -0.3 is 16.4 Å². The number of nitrogens with two attached hydrogens (primary N) is 1. The molecule has 0 aromatic heterocycles. The predicted octanol–water partition coefficient (Wildman–Crippen LogP) is 3.41. The van der Waals surface area contributed by atoms with Gasteiger partial charge >= 0.3 is 0 Å². The first-order valence-corrected chi connectivity index (χ1v) is 9.04.